The van der Waals surface area contributed by atoms with E-state index in [0.717, 1.165) is 0 Å². The number of fused-ring (bicyclic) bond motifs is 1. The molecule has 0 fully saturated rings. The van der Waals surface area contributed by atoms with Crippen LogP contribution in [0.15, 0.2) is 34.4 Å². The van der Waals surface area contributed by atoms with E-state index in [1.54, 1.807) is 29.2 Å². The van der Waals surface area contributed by atoms with E-state index in [2.05, 4.69) is 6.58 Å². The quantitative estimate of drug-likeness (QED) is 0.450. The Kier molecular flexibility index (Phi) is 7.95. The molecule has 0 amide bonds. The van der Waals surface area contributed by atoms with Gasteiger partial charge in [0.1, 0.15) is 0 Å². The topological polar surface area (TPSA) is 26.3 Å². The van der Waals surface area contributed by atoms with Gasteiger partial charge < -0.3 is 24.8 Å². The van der Waals surface area contributed by atoms with Crippen LogP contribution >= 0.6 is 0 Å². The first-order valence-electron chi connectivity index (χ1n) is 7.72. The van der Waals surface area contributed by atoms with E-state index in [4.69, 9.17) is 3.32 Å². The molecule has 0 saturated carbocycles. The maximum absolute atomic E-state index is 11.6. The Bertz CT molecular complexity index is 523. The normalized spacial score (nSPS) is 22.7. The van der Waals surface area contributed by atoms with E-state index in [9.17, 15) is 4.79 Å². The molecule has 0 spiro atoms. The van der Waals surface area contributed by atoms with Crippen LogP contribution in [0.1, 0.15) is 58.3 Å². The van der Waals surface area contributed by atoms with Crippen molar-refractivity contribution < 1.29 is 52.5 Å². The van der Waals surface area contributed by atoms with Crippen LogP contribution in [0.3, 0.4) is 0 Å². The van der Waals surface area contributed by atoms with Gasteiger partial charge in [-0.1, -0.05) is 0 Å². The van der Waals surface area contributed by atoms with Crippen molar-refractivity contribution in [1.29, 1.82) is 0 Å². The molecule has 3 aliphatic rings. The Morgan fingerprint density at radius 3 is 2.55 bits per heavy atom. The summed E-state index contributed by atoms with van der Waals surface area (Å²) in [5.74, 6) is -0.187. The fraction of sp³-hybridized carbons (Fsp3) is 0.588. The third-order valence-electron chi connectivity index (χ3n) is 4.72. The summed E-state index contributed by atoms with van der Waals surface area (Å²) in [7, 11) is 0. The first kappa shape index (κ1) is 20.0. The van der Waals surface area contributed by atoms with Gasteiger partial charge in [-0.2, -0.15) is 0 Å². The summed E-state index contributed by atoms with van der Waals surface area (Å²) < 4.78 is 6.11. The number of allylic oxidation sites excluding steroid dienone is 4. The van der Waals surface area contributed by atoms with Gasteiger partial charge in [-0.05, 0) is 0 Å². The first-order valence-corrected chi connectivity index (χ1v) is 9.26. The van der Waals surface area contributed by atoms with Gasteiger partial charge in [0.25, 0.3) is 0 Å². The average molecular weight is 377 g/mol. The van der Waals surface area contributed by atoms with E-state index in [0.29, 0.717) is 9.80 Å². The molecule has 0 bridgehead atoms. The molecule has 0 saturated heterocycles. The van der Waals surface area contributed by atoms with Gasteiger partial charge in [-0.15, -0.1) is 0 Å². The molecule has 5 heteroatoms. The van der Waals surface area contributed by atoms with Gasteiger partial charge in [0.2, 0.25) is 0 Å². The van der Waals surface area contributed by atoms with Crippen LogP contribution in [0.2, 0.25) is 4.22 Å². The molecule has 3 rings (SSSR count). The number of hydrogen-bond acceptors (Lipinski definition) is 2. The largest absolute Gasteiger partial charge is 1.00 e. The summed E-state index contributed by atoms with van der Waals surface area (Å²) in [5.41, 5.74) is 7.27. The predicted molar refractivity (Wildman–Crippen MR) is 75.6 cm³/mol. The van der Waals surface area contributed by atoms with Crippen molar-refractivity contribution in [2.24, 2.45) is 0 Å². The molecule has 120 valence electrons. The Labute approximate surface area is 155 Å². The molecule has 0 radical (unpaired) electrons. The molecule has 0 aromatic rings. The summed E-state index contributed by atoms with van der Waals surface area (Å²) in [5, 5.41) is 0. The van der Waals surface area contributed by atoms with Crippen LogP contribution in [0.5, 0.6) is 0 Å². The molecule has 2 nitrogen and oxygen atoms in total. The second-order valence-corrected chi connectivity index (χ2v) is 7.98. The Balaban J connectivity index is 0.00000121. The Hall–Kier alpha value is -0.0157. The van der Waals surface area contributed by atoms with Crippen molar-refractivity contribution in [3.63, 3.8) is 0 Å². The molecule has 1 atom stereocenters. The maximum Gasteiger partial charge on any atom is -1.00 e. The van der Waals surface area contributed by atoms with Crippen molar-refractivity contribution in [2.75, 3.05) is 0 Å². The number of rotatable bonds is 3. The zero-order chi connectivity index (χ0) is 14.1. The van der Waals surface area contributed by atoms with Gasteiger partial charge in [0.05, 0.1) is 0 Å². The third-order valence-corrected chi connectivity index (χ3v) is 6.63. The molecular formula is C17H22Cl2O2Ti. The number of carbonyl (C=O) groups is 1. The van der Waals surface area contributed by atoms with Gasteiger partial charge in [-0.3, -0.25) is 0 Å². The van der Waals surface area contributed by atoms with Crippen molar-refractivity contribution in [2.45, 2.75) is 62.5 Å². The average Bonchev–Trinajstić information content (AvgIpc) is 2.83. The van der Waals surface area contributed by atoms with Gasteiger partial charge >= 0.3 is 131 Å². The molecule has 3 aliphatic carbocycles. The van der Waals surface area contributed by atoms with Crippen molar-refractivity contribution in [1.82, 2.24) is 0 Å². The summed E-state index contributed by atoms with van der Waals surface area (Å²) in [6.45, 7) is 5.40. The second kappa shape index (κ2) is 8.73. The van der Waals surface area contributed by atoms with E-state index >= 15 is 0 Å². The molecule has 0 aromatic carbocycles. The molecular weight excluding hydrogens is 355 g/mol. The molecule has 0 aliphatic heterocycles. The van der Waals surface area contributed by atoms with Crippen molar-refractivity contribution in [3.05, 3.63) is 34.4 Å². The molecule has 22 heavy (non-hydrogen) atoms. The Morgan fingerprint density at radius 1 is 1.14 bits per heavy atom. The zero-order valence-corrected chi connectivity index (χ0v) is 16.1. The Morgan fingerprint density at radius 2 is 1.82 bits per heavy atom. The minimum atomic E-state index is -0.674. The van der Waals surface area contributed by atoms with Crippen LogP contribution in [0.25, 0.3) is 0 Å². The monoisotopic (exact) mass is 376 g/mol. The predicted octanol–water partition coefficient (Wildman–Crippen LogP) is -1.35. The summed E-state index contributed by atoms with van der Waals surface area (Å²) in [6, 6.07) is 0. The third kappa shape index (κ3) is 4.09. The number of carbonyl (C=O) groups excluding carboxylic acids is 1. The summed E-state index contributed by atoms with van der Waals surface area (Å²) in [4.78, 5) is 11.6. The SMILES string of the molecule is C=C(C)C(=O)[O][Ti+2][CH]1CCCC2=C1CC1=C2CCCC1.[Cl-].[Cl-]. The molecule has 1 unspecified atom stereocenters. The van der Waals surface area contributed by atoms with Gasteiger partial charge in [0, 0.05) is 0 Å². The van der Waals surface area contributed by atoms with Crippen molar-refractivity contribution in [3.8, 4) is 0 Å². The van der Waals surface area contributed by atoms with Crippen LogP contribution in [0.4, 0.5) is 0 Å². The van der Waals surface area contributed by atoms with Crippen molar-refractivity contribution >= 4 is 5.97 Å². The molecule has 0 N–H and O–H groups in total. The van der Waals surface area contributed by atoms with Crippen LogP contribution in [-0.2, 0) is 27.7 Å². The van der Waals surface area contributed by atoms with E-state index < -0.39 is 19.5 Å². The summed E-state index contributed by atoms with van der Waals surface area (Å²) in [6.07, 6.45) is 10.3. The fourth-order valence-corrected chi connectivity index (χ4v) is 5.52. The maximum atomic E-state index is 11.6. The minimum Gasteiger partial charge on any atom is -1.00 e. The summed E-state index contributed by atoms with van der Waals surface area (Å²) >= 11 is -0.674. The minimum absolute atomic E-state index is 0. The smallest absolute Gasteiger partial charge is 1.00 e. The van der Waals surface area contributed by atoms with Gasteiger partial charge in [-0.25, -0.2) is 0 Å². The molecule has 0 aromatic heterocycles. The van der Waals surface area contributed by atoms with E-state index in [-0.39, 0.29) is 30.8 Å². The standard InChI is InChI=1S/C13H17.C4H6O2.2ClH.Ti/c1-3-7-12-10(5-1)9-11-6-2-4-8-13(11)12;1-3(2)4(5)6;;;/h5H,1-4,6-9H2;1H2,2H3,(H,5,6);2*1H;/q;;;;+3/p-3. The van der Waals surface area contributed by atoms with E-state index in [1.807, 2.05) is 0 Å². The fourth-order valence-electron chi connectivity index (χ4n) is 3.70. The van der Waals surface area contributed by atoms with Crippen LogP contribution in [-0.4, -0.2) is 5.97 Å². The molecule has 0 heterocycles. The number of halogens is 2. The van der Waals surface area contributed by atoms with Crippen LogP contribution in [0, 0.1) is 0 Å². The zero-order valence-electron chi connectivity index (χ0n) is 13.0. The second-order valence-electron chi connectivity index (χ2n) is 6.20. The van der Waals surface area contributed by atoms with E-state index in [1.165, 1.54) is 51.4 Å². The van der Waals surface area contributed by atoms with Gasteiger partial charge in [0.15, 0.2) is 0 Å². The van der Waals surface area contributed by atoms with Crippen LogP contribution < -0.4 is 24.8 Å². The number of hydrogen-bond donors (Lipinski definition) is 0. The first-order chi connectivity index (χ1) is 9.66.